The summed E-state index contributed by atoms with van der Waals surface area (Å²) in [5, 5.41) is 18.4. The largest absolute Gasteiger partial charge is 0.545 e. The summed E-state index contributed by atoms with van der Waals surface area (Å²) in [6, 6.07) is 19.0. The van der Waals surface area contributed by atoms with Crippen molar-refractivity contribution in [3.63, 3.8) is 0 Å². The van der Waals surface area contributed by atoms with Crippen LogP contribution in [-0.4, -0.2) is 27.1 Å². The van der Waals surface area contributed by atoms with Gasteiger partial charge in [0.15, 0.2) is 0 Å². The van der Waals surface area contributed by atoms with Crippen LogP contribution in [-0.2, 0) is 0 Å². The van der Waals surface area contributed by atoms with Gasteiger partial charge in [-0.15, -0.1) is 0 Å². The molecule has 1 aliphatic rings. The molecule has 7 heteroatoms. The Balaban J connectivity index is 1.69. The summed E-state index contributed by atoms with van der Waals surface area (Å²) in [5.41, 5.74) is 4.21. The minimum absolute atomic E-state index is 0.0495. The summed E-state index contributed by atoms with van der Waals surface area (Å²) in [5.74, 6) is -1.51. The monoisotopic (exact) mass is 395 g/mol. The van der Waals surface area contributed by atoms with Gasteiger partial charge in [0.2, 0.25) is 0 Å². The van der Waals surface area contributed by atoms with Crippen molar-refractivity contribution in [2.24, 2.45) is 0 Å². The molecule has 1 N–H and O–H groups in total. The van der Waals surface area contributed by atoms with Crippen molar-refractivity contribution in [3.05, 3.63) is 102 Å². The topological polar surface area (TPSA) is 102 Å². The molecule has 0 unspecified atom stereocenters. The zero-order valence-corrected chi connectivity index (χ0v) is 15.6. The van der Waals surface area contributed by atoms with Gasteiger partial charge in [-0.1, -0.05) is 48.5 Å². The van der Waals surface area contributed by atoms with Gasteiger partial charge >= 0.3 is 0 Å². The smallest absolute Gasteiger partial charge is 0.277 e. The molecule has 1 atom stereocenters. The fourth-order valence-corrected chi connectivity index (χ4v) is 3.84. The number of anilines is 1. The van der Waals surface area contributed by atoms with E-state index in [2.05, 4.69) is 15.2 Å². The zero-order chi connectivity index (χ0) is 20.7. The fraction of sp³-hybridized carbons (Fsp3) is 0.0435. The number of aromatic nitrogens is 3. The quantitative estimate of drug-likeness (QED) is 0.572. The van der Waals surface area contributed by atoms with Gasteiger partial charge in [-0.05, 0) is 29.3 Å². The van der Waals surface area contributed by atoms with E-state index in [4.69, 9.17) is 0 Å². The normalized spacial score (nSPS) is 15.3. The predicted octanol–water partition coefficient (Wildman–Crippen LogP) is 2.59. The maximum absolute atomic E-state index is 13.3. The first-order valence-corrected chi connectivity index (χ1v) is 9.33. The minimum Gasteiger partial charge on any atom is -0.545 e. The lowest BCUT2D eigenvalue weighted by Gasteiger charge is -2.26. The van der Waals surface area contributed by atoms with E-state index in [1.54, 1.807) is 29.4 Å². The van der Waals surface area contributed by atoms with Crippen molar-refractivity contribution in [2.75, 3.05) is 4.90 Å². The lowest BCUT2D eigenvalue weighted by Crippen LogP contribution is -2.29. The van der Waals surface area contributed by atoms with Crippen LogP contribution in [0.5, 0.6) is 0 Å². The van der Waals surface area contributed by atoms with Gasteiger partial charge in [-0.25, -0.2) is 0 Å². The number of carboxylic acid groups (broad SMARTS) is 1. The standard InChI is InChI=1S/C23H16N4O3/c28-22-20-18(19(25-26-20)14-5-2-1-3-6-14)21(16-7-4-12-24-13-16)27(22)17-10-8-15(9-11-17)23(29)30/h1-13,21H,(H,25,26)(H,29,30)/p-1/t21-/m1/s1. The Morgan fingerprint density at radius 1 is 1.00 bits per heavy atom. The molecular weight excluding hydrogens is 380 g/mol. The number of aromatic carboxylic acids is 1. The first-order chi connectivity index (χ1) is 14.6. The van der Waals surface area contributed by atoms with E-state index in [0.29, 0.717) is 17.1 Å². The van der Waals surface area contributed by atoms with Crippen LogP contribution in [0.2, 0.25) is 0 Å². The molecule has 0 bridgehead atoms. The van der Waals surface area contributed by atoms with Crippen LogP contribution in [0, 0.1) is 0 Å². The Morgan fingerprint density at radius 2 is 1.77 bits per heavy atom. The third-order valence-electron chi connectivity index (χ3n) is 5.20. The molecule has 0 saturated carbocycles. The van der Waals surface area contributed by atoms with E-state index in [0.717, 1.165) is 16.7 Å². The van der Waals surface area contributed by atoms with Gasteiger partial charge in [0.25, 0.3) is 5.91 Å². The van der Waals surface area contributed by atoms with E-state index >= 15 is 0 Å². The second-order valence-corrected chi connectivity index (χ2v) is 6.93. The Labute approximate surface area is 171 Å². The third-order valence-corrected chi connectivity index (χ3v) is 5.20. The lowest BCUT2D eigenvalue weighted by molar-refractivity contribution is -0.255. The van der Waals surface area contributed by atoms with Crippen LogP contribution in [0.3, 0.4) is 0 Å². The maximum atomic E-state index is 13.3. The van der Waals surface area contributed by atoms with Crippen molar-refractivity contribution in [2.45, 2.75) is 6.04 Å². The average Bonchev–Trinajstić information content (AvgIpc) is 3.34. The van der Waals surface area contributed by atoms with Crippen LogP contribution >= 0.6 is 0 Å². The summed E-state index contributed by atoms with van der Waals surface area (Å²) < 4.78 is 0. The van der Waals surface area contributed by atoms with Crippen molar-refractivity contribution in [3.8, 4) is 11.3 Å². The minimum atomic E-state index is -1.26. The number of rotatable bonds is 4. The molecule has 2 aromatic heterocycles. The van der Waals surface area contributed by atoms with Crippen molar-refractivity contribution in [1.82, 2.24) is 15.2 Å². The summed E-state index contributed by atoms with van der Waals surface area (Å²) in [6.45, 7) is 0. The van der Waals surface area contributed by atoms with E-state index in [-0.39, 0.29) is 11.5 Å². The molecule has 0 radical (unpaired) electrons. The molecule has 146 valence electrons. The second kappa shape index (κ2) is 6.97. The SMILES string of the molecule is O=C([O-])c1ccc(N2C(=O)c3[nH]nc(-c4ccccc4)c3[C@H]2c2cccnc2)cc1. The predicted molar refractivity (Wildman–Crippen MR) is 108 cm³/mol. The Kier molecular flexibility index (Phi) is 4.14. The molecule has 0 saturated heterocycles. The fourth-order valence-electron chi connectivity index (χ4n) is 3.84. The summed E-state index contributed by atoms with van der Waals surface area (Å²) in [4.78, 5) is 30.3. The number of H-pyrrole nitrogens is 1. The van der Waals surface area contributed by atoms with E-state index in [1.807, 2.05) is 42.5 Å². The molecule has 2 aromatic carbocycles. The molecule has 5 rings (SSSR count). The molecule has 0 aliphatic carbocycles. The van der Waals surface area contributed by atoms with Gasteiger partial charge in [-0.3, -0.25) is 19.8 Å². The van der Waals surface area contributed by atoms with Gasteiger partial charge in [0, 0.05) is 29.2 Å². The number of carbonyl (C=O) groups excluding carboxylic acids is 2. The number of hydrogen-bond donors (Lipinski definition) is 1. The number of benzene rings is 2. The molecule has 3 heterocycles. The summed E-state index contributed by atoms with van der Waals surface area (Å²) in [6.07, 6.45) is 3.39. The van der Waals surface area contributed by atoms with Crippen LogP contribution in [0.15, 0.2) is 79.1 Å². The highest BCUT2D eigenvalue weighted by Gasteiger charge is 2.43. The summed E-state index contributed by atoms with van der Waals surface area (Å²) >= 11 is 0. The molecule has 4 aromatic rings. The van der Waals surface area contributed by atoms with Crippen molar-refractivity contribution < 1.29 is 14.7 Å². The van der Waals surface area contributed by atoms with E-state index < -0.39 is 12.0 Å². The number of nitrogens with one attached hydrogen (secondary N) is 1. The first kappa shape index (κ1) is 17.8. The number of fused-ring (bicyclic) bond motifs is 1. The number of aromatic amines is 1. The molecule has 30 heavy (non-hydrogen) atoms. The summed E-state index contributed by atoms with van der Waals surface area (Å²) in [7, 11) is 0. The highest BCUT2D eigenvalue weighted by molar-refractivity contribution is 6.11. The molecule has 1 amide bonds. The van der Waals surface area contributed by atoms with Crippen molar-refractivity contribution in [1.29, 1.82) is 0 Å². The highest BCUT2D eigenvalue weighted by Crippen LogP contribution is 2.44. The number of nitrogens with zero attached hydrogens (tertiary/aromatic N) is 3. The van der Waals surface area contributed by atoms with Gasteiger partial charge in [0.1, 0.15) is 5.69 Å². The third kappa shape index (κ3) is 2.76. The van der Waals surface area contributed by atoms with E-state index in [9.17, 15) is 14.7 Å². The van der Waals surface area contributed by atoms with Crippen LogP contribution < -0.4 is 10.0 Å². The highest BCUT2D eigenvalue weighted by atomic mass is 16.4. The number of amides is 1. The first-order valence-electron chi connectivity index (χ1n) is 9.33. The van der Waals surface area contributed by atoms with Gasteiger partial charge in [0.05, 0.1) is 17.7 Å². The lowest BCUT2D eigenvalue weighted by atomic mass is 9.97. The van der Waals surface area contributed by atoms with E-state index in [1.165, 1.54) is 12.1 Å². The Bertz CT molecular complexity index is 1230. The second-order valence-electron chi connectivity index (χ2n) is 6.93. The molecule has 0 fully saturated rings. The maximum Gasteiger partial charge on any atom is 0.277 e. The van der Waals surface area contributed by atoms with Crippen LogP contribution in [0.25, 0.3) is 11.3 Å². The number of carbonyl (C=O) groups is 2. The number of pyridine rings is 1. The molecule has 1 aliphatic heterocycles. The molecule has 0 spiro atoms. The Hall–Kier alpha value is -4.26. The average molecular weight is 395 g/mol. The zero-order valence-electron chi connectivity index (χ0n) is 15.6. The molecule has 7 nitrogen and oxygen atoms in total. The van der Waals surface area contributed by atoms with Crippen LogP contribution in [0.1, 0.15) is 38.0 Å². The Morgan fingerprint density at radius 3 is 2.43 bits per heavy atom. The van der Waals surface area contributed by atoms with Gasteiger partial charge < -0.3 is 9.90 Å². The number of hydrogen-bond acceptors (Lipinski definition) is 5. The number of carboxylic acids is 1. The van der Waals surface area contributed by atoms with Crippen LogP contribution in [0.4, 0.5) is 5.69 Å². The molecular formula is C23H15N4O3-. The van der Waals surface area contributed by atoms with Crippen molar-refractivity contribution >= 4 is 17.6 Å². The van der Waals surface area contributed by atoms with Gasteiger partial charge in [-0.2, -0.15) is 5.10 Å².